The molecule has 0 fully saturated rings. The molecule has 0 unspecified atom stereocenters. The molecule has 0 bridgehead atoms. The van der Waals surface area contributed by atoms with Crippen LogP contribution in [0, 0.1) is 24.0 Å². The zero-order chi connectivity index (χ0) is 11.4. The van der Waals surface area contributed by atoms with Gasteiger partial charge in [-0.05, 0) is 5.69 Å². The smallest absolute Gasteiger partial charge is 0.228 e. The Morgan fingerprint density at radius 3 is 3.00 bits per heavy atom. The van der Waals surface area contributed by atoms with Crippen molar-refractivity contribution >= 4 is 5.69 Å². The molecular formula is C11H6IrN5-. The summed E-state index contributed by atoms with van der Waals surface area (Å²) in [7, 11) is 0. The fraction of sp³-hybridized carbons (Fsp3) is 0.0909. The Hall–Kier alpha value is -2.01. The van der Waals surface area contributed by atoms with Crippen LogP contribution in [-0.4, -0.2) is 14.8 Å². The summed E-state index contributed by atoms with van der Waals surface area (Å²) in [5.41, 5.74) is 1.52. The summed E-state index contributed by atoms with van der Waals surface area (Å²) in [6.45, 7) is 6.98. The minimum absolute atomic E-state index is 0. The van der Waals surface area contributed by atoms with Crippen LogP contribution in [0.4, 0.5) is 5.69 Å². The molecule has 0 amide bonds. The molecule has 2 rings (SSSR count). The van der Waals surface area contributed by atoms with Crippen LogP contribution in [0.2, 0.25) is 0 Å². The summed E-state index contributed by atoms with van der Waals surface area (Å²) in [5, 5.41) is 12.7. The average molecular weight is 400 g/mol. The van der Waals surface area contributed by atoms with Gasteiger partial charge in [0.25, 0.3) is 0 Å². The van der Waals surface area contributed by atoms with E-state index in [1.807, 2.05) is 6.07 Å². The summed E-state index contributed by atoms with van der Waals surface area (Å²) in [6.07, 6.45) is 4.91. The monoisotopic (exact) mass is 401 g/mol. The molecule has 85 valence electrons. The maximum Gasteiger partial charge on any atom is 0.228 e. The Balaban J connectivity index is 0.00000144. The van der Waals surface area contributed by atoms with Gasteiger partial charge in [0.15, 0.2) is 0 Å². The van der Waals surface area contributed by atoms with Crippen molar-refractivity contribution in [2.45, 2.75) is 6.42 Å². The first kappa shape index (κ1) is 13.1. The predicted octanol–water partition coefficient (Wildman–Crippen LogP) is 1.68. The van der Waals surface area contributed by atoms with Crippen LogP contribution in [-0.2, 0) is 26.5 Å². The van der Waals surface area contributed by atoms with E-state index in [2.05, 4.69) is 21.0 Å². The molecule has 0 spiro atoms. The van der Waals surface area contributed by atoms with Gasteiger partial charge in [0.05, 0.1) is 24.8 Å². The minimum atomic E-state index is 0. The number of nitrogens with zero attached hydrogens (tertiary/aromatic N) is 5. The quantitative estimate of drug-likeness (QED) is 0.721. The molecule has 17 heavy (non-hydrogen) atoms. The molecule has 0 saturated heterocycles. The summed E-state index contributed by atoms with van der Waals surface area (Å²) in [4.78, 5) is 7.25. The topological polar surface area (TPSA) is 58.9 Å². The van der Waals surface area contributed by atoms with Crippen molar-refractivity contribution < 1.29 is 20.1 Å². The molecule has 2 aromatic rings. The van der Waals surface area contributed by atoms with E-state index in [0.717, 1.165) is 0 Å². The number of nitriles is 1. The van der Waals surface area contributed by atoms with Crippen molar-refractivity contribution in [3.63, 3.8) is 0 Å². The average Bonchev–Trinajstić information content (AvgIpc) is 2.74. The third-order valence-electron chi connectivity index (χ3n) is 1.97. The zero-order valence-corrected chi connectivity index (χ0v) is 11.0. The van der Waals surface area contributed by atoms with E-state index in [0.29, 0.717) is 17.1 Å². The van der Waals surface area contributed by atoms with Gasteiger partial charge < -0.3 is 4.98 Å². The predicted molar refractivity (Wildman–Crippen MR) is 55.8 cm³/mol. The second-order valence-corrected chi connectivity index (χ2v) is 2.98. The van der Waals surface area contributed by atoms with Crippen molar-refractivity contribution in [3.8, 4) is 11.8 Å². The maximum atomic E-state index is 8.60. The number of hydrogen-bond acceptors (Lipinski definition) is 3. The van der Waals surface area contributed by atoms with Crippen LogP contribution in [0.1, 0.15) is 5.69 Å². The number of hydrogen-bond donors (Lipinski definition) is 0. The summed E-state index contributed by atoms with van der Waals surface area (Å²) in [6, 6.07) is 6.59. The Bertz CT molecular complexity index is 576. The van der Waals surface area contributed by atoms with Crippen LogP contribution in [0.3, 0.4) is 0 Å². The Kier molecular flexibility index (Phi) is 4.54. The fourth-order valence-electron chi connectivity index (χ4n) is 1.26. The van der Waals surface area contributed by atoms with Crippen LogP contribution in [0.25, 0.3) is 10.5 Å². The molecule has 5 nitrogen and oxygen atoms in total. The standard InChI is InChI=1S/C11H6N5.Ir/c1-13-11-8-16(15-10(11)4-5-12)9-3-2-6-14-7-9;/h2,6-8H,4H2;/q-1;. The van der Waals surface area contributed by atoms with Gasteiger partial charge in [-0.3, -0.25) is 4.68 Å². The molecule has 0 saturated carbocycles. The molecule has 2 aromatic heterocycles. The zero-order valence-electron chi connectivity index (χ0n) is 8.59. The third kappa shape index (κ3) is 2.76. The SMILES string of the molecule is [C-]#[N+]c1cn(-c2[c-]ccnc2)nc1CC#N.[Ir]. The molecule has 0 aliphatic rings. The molecule has 0 aliphatic heterocycles. The second-order valence-electron chi connectivity index (χ2n) is 2.98. The molecule has 0 aromatic carbocycles. The van der Waals surface area contributed by atoms with Gasteiger partial charge in [0, 0.05) is 26.3 Å². The molecule has 0 atom stereocenters. The molecule has 1 radical (unpaired) electrons. The van der Waals surface area contributed by atoms with E-state index in [1.165, 1.54) is 4.68 Å². The largest absolute Gasteiger partial charge is 0.389 e. The maximum absolute atomic E-state index is 8.60. The van der Waals surface area contributed by atoms with Gasteiger partial charge in [-0.1, -0.05) is 12.4 Å². The van der Waals surface area contributed by atoms with E-state index < -0.39 is 0 Å². The number of pyridine rings is 1. The van der Waals surface area contributed by atoms with Gasteiger partial charge in [-0.2, -0.15) is 22.5 Å². The van der Waals surface area contributed by atoms with E-state index in [4.69, 9.17) is 11.8 Å². The Morgan fingerprint density at radius 2 is 2.41 bits per heavy atom. The van der Waals surface area contributed by atoms with Crippen LogP contribution < -0.4 is 0 Å². The summed E-state index contributed by atoms with van der Waals surface area (Å²) >= 11 is 0. The molecule has 6 heteroatoms. The van der Waals surface area contributed by atoms with E-state index >= 15 is 0 Å². The van der Waals surface area contributed by atoms with E-state index in [1.54, 1.807) is 24.7 Å². The van der Waals surface area contributed by atoms with Crippen molar-refractivity contribution in [2.24, 2.45) is 0 Å². The fourth-order valence-corrected chi connectivity index (χ4v) is 1.26. The van der Waals surface area contributed by atoms with Gasteiger partial charge in [-0.25, -0.2) is 4.85 Å². The van der Waals surface area contributed by atoms with Gasteiger partial charge in [0.1, 0.15) is 0 Å². The first-order chi connectivity index (χ1) is 7.85. The van der Waals surface area contributed by atoms with Crippen molar-refractivity contribution in [3.05, 3.63) is 47.8 Å². The van der Waals surface area contributed by atoms with Crippen molar-refractivity contribution in [1.29, 1.82) is 5.26 Å². The molecule has 2 heterocycles. The van der Waals surface area contributed by atoms with Crippen LogP contribution >= 0.6 is 0 Å². The van der Waals surface area contributed by atoms with E-state index in [-0.39, 0.29) is 26.5 Å². The number of rotatable bonds is 2. The Morgan fingerprint density at radius 1 is 1.59 bits per heavy atom. The van der Waals surface area contributed by atoms with Crippen LogP contribution in [0.5, 0.6) is 0 Å². The molecule has 0 aliphatic carbocycles. The first-order valence-electron chi connectivity index (χ1n) is 4.50. The number of aromatic nitrogens is 3. The van der Waals surface area contributed by atoms with Gasteiger partial charge in [-0.15, -0.1) is 0 Å². The first-order valence-corrected chi connectivity index (χ1v) is 4.50. The summed E-state index contributed by atoms with van der Waals surface area (Å²) < 4.78 is 1.51. The Labute approximate surface area is 112 Å². The van der Waals surface area contributed by atoms with E-state index in [9.17, 15) is 0 Å². The molecular weight excluding hydrogens is 394 g/mol. The second kappa shape index (κ2) is 5.91. The molecule has 0 N–H and O–H groups in total. The summed E-state index contributed by atoms with van der Waals surface area (Å²) in [5.74, 6) is 0. The van der Waals surface area contributed by atoms with Crippen LogP contribution in [0.15, 0.2) is 24.7 Å². The minimum Gasteiger partial charge on any atom is -0.389 e. The van der Waals surface area contributed by atoms with Crippen molar-refractivity contribution in [2.75, 3.05) is 0 Å². The van der Waals surface area contributed by atoms with Gasteiger partial charge in [0.2, 0.25) is 5.69 Å². The normalized spacial score (nSPS) is 8.82. The van der Waals surface area contributed by atoms with Crippen molar-refractivity contribution in [1.82, 2.24) is 14.8 Å². The van der Waals surface area contributed by atoms with Gasteiger partial charge >= 0.3 is 0 Å². The third-order valence-corrected chi connectivity index (χ3v) is 1.97.